The first-order valence-electron chi connectivity index (χ1n) is 7.53. The van der Waals surface area contributed by atoms with Crippen molar-refractivity contribution in [2.45, 2.75) is 0 Å². The molecule has 3 rings (SSSR count). The van der Waals surface area contributed by atoms with Crippen molar-refractivity contribution >= 4 is 24.1 Å². The van der Waals surface area contributed by atoms with E-state index in [1.165, 1.54) is 42.8 Å². The van der Waals surface area contributed by atoms with Gasteiger partial charge in [-0.05, 0) is 42.5 Å². The summed E-state index contributed by atoms with van der Waals surface area (Å²) >= 11 is 0. The van der Waals surface area contributed by atoms with E-state index in [1.807, 2.05) is 0 Å². The number of aromatic carboxylic acids is 2. The van der Waals surface area contributed by atoms with Crippen molar-refractivity contribution in [3.8, 4) is 11.3 Å². The Morgan fingerprint density at radius 3 is 2.30 bits per heavy atom. The first-order valence-corrected chi connectivity index (χ1v) is 7.53. The second-order valence-electron chi connectivity index (χ2n) is 5.29. The number of amides is 1. The van der Waals surface area contributed by atoms with Gasteiger partial charge in [0.15, 0.2) is 5.76 Å². The summed E-state index contributed by atoms with van der Waals surface area (Å²) in [6.45, 7) is 0. The second-order valence-corrected chi connectivity index (χ2v) is 5.29. The molecule has 0 radical (unpaired) electrons. The molecular weight excluding hydrogens is 356 g/mol. The number of nitrogens with one attached hydrogen (secondary N) is 1. The predicted molar refractivity (Wildman–Crippen MR) is 91.8 cm³/mol. The van der Waals surface area contributed by atoms with Gasteiger partial charge in [0, 0.05) is 5.56 Å². The van der Waals surface area contributed by atoms with Crippen LogP contribution in [0.5, 0.6) is 0 Å². The maximum atomic E-state index is 11.7. The van der Waals surface area contributed by atoms with Crippen molar-refractivity contribution in [3.05, 3.63) is 71.4 Å². The van der Waals surface area contributed by atoms with E-state index >= 15 is 0 Å². The Kier molecular flexibility index (Phi) is 4.84. The molecule has 3 N–H and O–H groups in total. The highest BCUT2D eigenvalue weighted by molar-refractivity contribution is 5.96. The first-order chi connectivity index (χ1) is 12.9. The van der Waals surface area contributed by atoms with Crippen LogP contribution in [-0.4, -0.2) is 34.3 Å². The topological polar surface area (TPSA) is 142 Å². The lowest BCUT2D eigenvalue weighted by Gasteiger charge is -2.03. The lowest BCUT2D eigenvalue weighted by molar-refractivity contribution is 0.0696. The van der Waals surface area contributed by atoms with Gasteiger partial charge in [-0.1, -0.05) is 0 Å². The maximum absolute atomic E-state index is 11.7. The van der Waals surface area contributed by atoms with Gasteiger partial charge in [-0.25, -0.2) is 15.0 Å². The summed E-state index contributed by atoms with van der Waals surface area (Å²) in [6.07, 6.45) is 2.59. The average molecular weight is 368 g/mol. The molecule has 27 heavy (non-hydrogen) atoms. The summed E-state index contributed by atoms with van der Waals surface area (Å²) < 4.78 is 10.4. The van der Waals surface area contributed by atoms with Crippen molar-refractivity contribution < 1.29 is 33.4 Å². The van der Waals surface area contributed by atoms with Crippen molar-refractivity contribution in [3.63, 3.8) is 0 Å². The minimum absolute atomic E-state index is 0.0963. The first kappa shape index (κ1) is 17.7. The van der Waals surface area contributed by atoms with Gasteiger partial charge in [0.2, 0.25) is 0 Å². The van der Waals surface area contributed by atoms with E-state index in [-0.39, 0.29) is 34.0 Å². The molecule has 9 nitrogen and oxygen atoms in total. The molecule has 0 atom stereocenters. The molecule has 1 amide bonds. The summed E-state index contributed by atoms with van der Waals surface area (Å²) in [7, 11) is 0. The van der Waals surface area contributed by atoms with Gasteiger partial charge in [0.25, 0.3) is 0 Å². The fraction of sp³-hybridized carbons (Fsp3) is 0. The number of carboxylic acids is 2. The highest BCUT2D eigenvalue weighted by Gasteiger charge is 2.14. The molecule has 0 aliphatic carbocycles. The zero-order valence-electron chi connectivity index (χ0n) is 13.6. The summed E-state index contributed by atoms with van der Waals surface area (Å²) in [5, 5.41) is 22.0. The average Bonchev–Trinajstić information content (AvgIpc) is 3.33. The Bertz CT molecular complexity index is 1000. The third kappa shape index (κ3) is 4.10. The highest BCUT2D eigenvalue weighted by Crippen LogP contribution is 2.24. The van der Waals surface area contributed by atoms with Crippen LogP contribution in [-0.2, 0) is 0 Å². The van der Waals surface area contributed by atoms with Gasteiger partial charge in [-0.2, -0.15) is 5.10 Å². The van der Waals surface area contributed by atoms with Crippen LogP contribution < -0.4 is 5.43 Å². The van der Waals surface area contributed by atoms with E-state index in [2.05, 4.69) is 10.5 Å². The fourth-order valence-corrected chi connectivity index (χ4v) is 2.21. The molecule has 1 aromatic carbocycles. The zero-order chi connectivity index (χ0) is 19.4. The Hall–Kier alpha value is -4.14. The van der Waals surface area contributed by atoms with Gasteiger partial charge in [-0.3, -0.25) is 4.79 Å². The van der Waals surface area contributed by atoms with Gasteiger partial charge in [0.05, 0.1) is 23.6 Å². The molecule has 0 saturated heterocycles. The zero-order valence-corrected chi connectivity index (χ0v) is 13.6. The third-order valence-electron chi connectivity index (χ3n) is 3.44. The number of rotatable bonds is 6. The molecule has 0 fully saturated rings. The Balaban J connectivity index is 1.79. The van der Waals surface area contributed by atoms with Gasteiger partial charge in [0.1, 0.15) is 11.5 Å². The largest absolute Gasteiger partial charge is 0.478 e. The van der Waals surface area contributed by atoms with E-state index in [0.717, 1.165) is 6.07 Å². The standard InChI is InChI=1S/C18H12N2O7/c21-16(15-2-1-5-26-15)20-19-9-13-3-4-14(27-13)10-6-11(17(22)23)8-12(7-10)18(24)25/h1-9H,(H,20,21)(H,22,23)(H,24,25)/b19-9+. The van der Waals surface area contributed by atoms with Crippen molar-refractivity contribution in [2.24, 2.45) is 5.10 Å². The molecule has 0 saturated carbocycles. The SMILES string of the molecule is O=C(O)c1cc(C(=O)O)cc(-c2ccc(/C=N/NC(=O)c3ccco3)o2)c1. The van der Waals surface area contributed by atoms with E-state index in [1.54, 1.807) is 6.07 Å². The summed E-state index contributed by atoms with van der Waals surface area (Å²) in [6, 6.07) is 9.76. The number of carboxylic acid groups (broad SMARTS) is 2. The van der Waals surface area contributed by atoms with Crippen molar-refractivity contribution in [1.29, 1.82) is 0 Å². The van der Waals surface area contributed by atoms with Crippen LogP contribution >= 0.6 is 0 Å². The fourth-order valence-electron chi connectivity index (χ4n) is 2.21. The van der Waals surface area contributed by atoms with Crippen LogP contribution in [0.1, 0.15) is 37.0 Å². The van der Waals surface area contributed by atoms with Crippen molar-refractivity contribution in [1.82, 2.24) is 5.43 Å². The monoisotopic (exact) mass is 368 g/mol. The number of hydrazone groups is 1. The number of benzene rings is 1. The van der Waals surface area contributed by atoms with E-state index in [0.29, 0.717) is 0 Å². The quantitative estimate of drug-likeness (QED) is 0.448. The number of carbonyl (C=O) groups excluding carboxylic acids is 1. The van der Waals surface area contributed by atoms with E-state index in [4.69, 9.17) is 19.0 Å². The smallest absolute Gasteiger partial charge is 0.335 e. The van der Waals surface area contributed by atoms with Crippen LogP contribution in [0.15, 0.2) is 62.7 Å². The molecule has 136 valence electrons. The summed E-state index contributed by atoms with van der Waals surface area (Å²) in [5.41, 5.74) is 2.18. The Morgan fingerprint density at radius 1 is 1.00 bits per heavy atom. The van der Waals surface area contributed by atoms with Crippen LogP contribution in [0, 0.1) is 0 Å². The third-order valence-corrected chi connectivity index (χ3v) is 3.44. The molecule has 3 aromatic rings. The van der Waals surface area contributed by atoms with Crippen LogP contribution in [0.2, 0.25) is 0 Å². The number of carbonyl (C=O) groups is 3. The number of nitrogens with zero attached hydrogens (tertiary/aromatic N) is 1. The minimum Gasteiger partial charge on any atom is -0.478 e. The van der Waals surface area contributed by atoms with Crippen LogP contribution in [0.4, 0.5) is 0 Å². The maximum Gasteiger partial charge on any atom is 0.335 e. The van der Waals surface area contributed by atoms with Crippen molar-refractivity contribution in [2.75, 3.05) is 0 Å². The molecule has 0 bridgehead atoms. The molecule has 0 aliphatic heterocycles. The normalized spacial score (nSPS) is 10.8. The van der Waals surface area contributed by atoms with Gasteiger partial charge >= 0.3 is 17.8 Å². The lowest BCUT2D eigenvalue weighted by atomic mass is 10.0. The summed E-state index contributed by atoms with van der Waals surface area (Å²) in [5.74, 6) is -2.44. The second kappa shape index (κ2) is 7.40. The number of hydrogen-bond acceptors (Lipinski definition) is 6. The molecule has 2 heterocycles. The molecule has 9 heteroatoms. The van der Waals surface area contributed by atoms with E-state index in [9.17, 15) is 14.4 Å². The molecular formula is C18H12N2O7. The predicted octanol–water partition coefficient (Wildman–Crippen LogP) is 2.70. The van der Waals surface area contributed by atoms with Gasteiger partial charge < -0.3 is 19.0 Å². The Morgan fingerprint density at radius 2 is 1.70 bits per heavy atom. The van der Waals surface area contributed by atoms with Gasteiger partial charge in [-0.15, -0.1) is 0 Å². The van der Waals surface area contributed by atoms with Crippen LogP contribution in [0.3, 0.4) is 0 Å². The number of furan rings is 2. The van der Waals surface area contributed by atoms with E-state index < -0.39 is 17.8 Å². The summed E-state index contributed by atoms with van der Waals surface area (Å²) in [4.78, 5) is 34.0. The van der Waals surface area contributed by atoms with Crippen LogP contribution in [0.25, 0.3) is 11.3 Å². The molecule has 2 aromatic heterocycles. The number of hydrogen-bond donors (Lipinski definition) is 3. The molecule has 0 spiro atoms. The Labute approximate surface area is 151 Å². The lowest BCUT2D eigenvalue weighted by Crippen LogP contribution is -2.16. The molecule has 0 aliphatic rings. The minimum atomic E-state index is -1.26. The molecule has 0 unspecified atom stereocenters. The highest BCUT2D eigenvalue weighted by atomic mass is 16.4.